The van der Waals surface area contributed by atoms with Crippen molar-refractivity contribution in [3.63, 3.8) is 0 Å². The molecule has 0 N–H and O–H groups in total. The summed E-state index contributed by atoms with van der Waals surface area (Å²) in [7, 11) is 1.39. The normalized spacial score (nSPS) is 37.0. The number of alkyl halides is 3. The fraction of sp³-hybridized carbons (Fsp3) is 0.733. The quantitative estimate of drug-likeness (QED) is 0.766. The van der Waals surface area contributed by atoms with E-state index in [1.165, 1.54) is 7.11 Å². The number of ether oxygens (including phenoxy) is 3. The molecule has 4 fully saturated rings. The highest BCUT2D eigenvalue weighted by atomic mass is 19.4. The van der Waals surface area contributed by atoms with E-state index in [0.717, 1.165) is 0 Å². The van der Waals surface area contributed by atoms with E-state index in [1.807, 2.05) is 0 Å². The molecule has 1 aromatic rings. The summed E-state index contributed by atoms with van der Waals surface area (Å²) in [6.07, 6.45) is 0.132. The molecule has 9 heteroatoms. The molecule has 2 bridgehead atoms. The van der Waals surface area contributed by atoms with E-state index >= 15 is 0 Å². The lowest BCUT2D eigenvalue weighted by atomic mass is 9.39. The van der Waals surface area contributed by atoms with Gasteiger partial charge in [-0.2, -0.15) is 5.10 Å². The second kappa shape index (κ2) is 4.87. The summed E-state index contributed by atoms with van der Waals surface area (Å²) in [5.41, 5.74) is -0.491. The molecule has 1 aromatic heterocycles. The van der Waals surface area contributed by atoms with E-state index in [9.17, 15) is 18.0 Å². The molecule has 0 atom stereocenters. The van der Waals surface area contributed by atoms with Crippen LogP contribution in [0.15, 0.2) is 12.4 Å². The molecule has 1 heterocycles. The number of carbonyl (C=O) groups excluding carboxylic acids is 1. The Morgan fingerprint density at radius 2 is 1.96 bits per heavy atom. The Morgan fingerprint density at radius 3 is 2.54 bits per heavy atom. The van der Waals surface area contributed by atoms with Gasteiger partial charge in [0.25, 0.3) is 0 Å². The van der Waals surface area contributed by atoms with E-state index in [1.54, 1.807) is 17.1 Å². The molecular formula is C15H17F3N2O4. The van der Waals surface area contributed by atoms with Crippen LogP contribution in [0, 0.1) is 5.41 Å². The van der Waals surface area contributed by atoms with E-state index in [0.29, 0.717) is 25.0 Å². The van der Waals surface area contributed by atoms with Gasteiger partial charge in [-0.25, -0.2) is 0 Å². The Bertz CT molecular complexity index is 646. The van der Waals surface area contributed by atoms with Crippen molar-refractivity contribution in [3.05, 3.63) is 12.4 Å². The van der Waals surface area contributed by atoms with Crippen molar-refractivity contribution in [3.8, 4) is 5.75 Å². The minimum Gasteiger partial charge on any atom is -0.487 e. The largest absolute Gasteiger partial charge is 0.522 e. The Kier molecular flexibility index (Phi) is 3.20. The molecule has 0 unspecified atom stereocenters. The fourth-order valence-electron chi connectivity index (χ4n) is 4.13. The van der Waals surface area contributed by atoms with Crippen molar-refractivity contribution in [1.82, 2.24) is 9.78 Å². The van der Waals surface area contributed by atoms with Crippen molar-refractivity contribution in [2.45, 2.75) is 56.2 Å². The molecule has 0 aromatic carbocycles. The molecule has 0 radical (unpaired) electrons. The molecule has 0 aliphatic heterocycles. The highest BCUT2D eigenvalue weighted by Crippen LogP contribution is 2.71. The lowest BCUT2D eigenvalue weighted by molar-refractivity contribution is -0.355. The third-order valence-corrected chi connectivity index (χ3v) is 5.32. The van der Waals surface area contributed by atoms with E-state index in [4.69, 9.17) is 9.47 Å². The lowest BCUT2D eigenvalue weighted by Gasteiger charge is -2.67. The van der Waals surface area contributed by atoms with Gasteiger partial charge in [0.2, 0.25) is 0 Å². The van der Waals surface area contributed by atoms with Gasteiger partial charge in [-0.15, -0.1) is 13.2 Å². The van der Waals surface area contributed by atoms with Crippen LogP contribution in [0.2, 0.25) is 0 Å². The molecule has 0 spiro atoms. The first kappa shape index (κ1) is 15.7. The zero-order valence-corrected chi connectivity index (χ0v) is 13.0. The molecular weight excluding hydrogens is 329 g/mol. The third kappa shape index (κ3) is 2.37. The van der Waals surface area contributed by atoms with Gasteiger partial charge in [-0.1, -0.05) is 0 Å². The number of methoxy groups -OCH3 is 1. The summed E-state index contributed by atoms with van der Waals surface area (Å²) >= 11 is 0. The average Bonchev–Trinajstić information content (AvgIpc) is 2.80. The van der Waals surface area contributed by atoms with Crippen LogP contribution in [0.3, 0.4) is 0 Å². The van der Waals surface area contributed by atoms with Gasteiger partial charge in [0, 0.05) is 12.8 Å². The van der Waals surface area contributed by atoms with Crippen LogP contribution in [0.1, 0.15) is 32.1 Å². The van der Waals surface area contributed by atoms with Gasteiger partial charge in [-0.3, -0.25) is 14.2 Å². The van der Waals surface area contributed by atoms with E-state index in [2.05, 4.69) is 9.84 Å². The number of rotatable bonds is 5. The Labute approximate surface area is 135 Å². The molecule has 5 rings (SSSR count). The van der Waals surface area contributed by atoms with E-state index < -0.39 is 12.5 Å². The first-order valence-corrected chi connectivity index (χ1v) is 7.78. The lowest BCUT2D eigenvalue weighted by Crippen LogP contribution is -2.71. The smallest absolute Gasteiger partial charge is 0.487 e. The summed E-state index contributed by atoms with van der Waals surface area (Å²) in [5.74, 6) is 0.362. The highest BCUT2D eigenvalue weighted by molar-refractivity contribution is 5.81. The number of nitrogens with zero attached hydrogens (tertiary/aromatic N) is 2. The maximum atomic E-state index is 12.1. The molecule has 0 saturated heterocycles. The molecule has 132 valence electrons. The van der Waals surface area contributed by atoms with E-state index in [-0.39, 0.29) is 35.9 Å². The second-order valence-electron chi connectivity index (χ2n) is 7.04. The zero-order valence-electron chi connectivity index (χ0n) is 13.0. The topological polar surface area (TPSA) is 62.6 Å². The summed E-state index contributed by atoms with van der Waals surface area (Å²) < 4.78 is 52.4. The maximum Gasteiger partial charge on any atom is 0.522 e. The van der Waals surface area contributed by atoms with Gasteiger partial charge in [0.05, 0.1) is 36.6 Å². The van der Waals surface area contributed by atoms with Gasteiger partial charge in [-0.05, 0) is 19.3 Å². The Hall–Kier alpha value is -1.77. The van der Waals surface area contributed by atoms with Crippen molar-refractivity contribution >= 4 is 5.97 Å². The first-order chi connectivity index (χ1) is 11.2. The molecule has 4 aliphatic carbocycles. The molecule has 0 amide bonds. The molecule has 4 aliphatic rings. The average molecular weight is 346 g/mol. The van der Waals surface area contributed by atoms with Gasteiger partial charge < -0.3 is 9.47 Å². The standard InChI is InChI=1S/C15H17F3N2O4/c1-22-12(21)13-6-14(7-13,8-13)20-5-11(4-19-20)23-9-2-10(3-9)24-15(16,17)18/h4-5,9-10H,2-3,6-8H2,1H3/t9-,10+,13?,14?. The van der Waals surface area contributed by atoms with Crippen LogP contribution in [0.4, 0.5) is 13.2 Å². The summed E-state index contributed by atoms with van der Waals surface area (Å²) in [6, 6.07) is 0. The number of aromatic nitrogens is 2. The second-order valence-corrected chi connectivity index (χ2v) is 7.04. The highest BCUT2D eigenvalue weighted by Gasteiger charge is 2.74. The monoisotopic (exact) mass is 346 g/mol. The van der Waals surface area contributed by atoms with Crippen LogP contribution in [-0.4, -0.2) is 41.4 Å². The number of esters is 1. The van der Waals surface area contributed by atoms with Crippen LogP contribution >= 0.6 is 0 Å². The molecule has 24 heavy (non-hydrogen) atoms. The number of carbonyl (C=O) groups is 1. The third-order valence-electron chi connectivity index (χ3n) is 5.32. The van der Waals surface area contributed by atoms with Crippen molar-refractivity contribution in [2.75, 3.05) is 7.11 Å². The fourth-order valence-corrected chi connectivity index (χ4v) is 4.13. The molecule has 6 nitrogen and oxygen atoms in total. The van der Waals surface area contributed by atoms with Crippen LogP contribution in [0.25, 0.3) is 0 Å². The predicted octanol–water partition coefficient (Wildman–Crippen LogP) is 2.38. The van der Waals surface area contributed by atoms with Crippen molar-refractivity contribution in [2.24, 2.45) is 5.41 Å². The van der Waals surface area contributed by atoms with Crippen LogP contribution in [0.5, 0.6) is 5.75 Å². The van der Waals surface area contributed by atoms with Gasteiger partial charge in [0.15, 0.2) is 5.75 Å². The number of hydrogen-bond donors (Lipinski definition) is 0. The van der Waals surface area contributed by atoms with Crippen LogP contribution < -0.4 is 4.74 Å². The minimum absolute atomic E-state index is 0.142. The van der Waals surface area contributed by atoms with Crippen LogP contribution in [-0.2, 0) is 19.8 Å². The predicted molar refractivity (Wildman–Crippen MR) is 73.1 cm³/mol. The summed E-state index contributed by atoms with van der Waals surface area (Å²) in [5, 5.41) is 4.28. The Balaban J connectivity index is 1.28. The minimum atomic E-state index is -4.60. The first-order valence-electron chi connectivity index (χ1n) is 7.78. The van der Waals surface area contributed by atoms with Crippen molar-refractivity contribution in [1.29, 1.82) is 0 Å². The number of hydrogen-bond acceptors (Lipinski definition) is 5. The van der Waals surface area contributed by atoms with Gasteiger partial charge in [0.1, 0.15) is 6.10 Å². The SMILES string of the molecule is COC(=O)C12CC(n3cc(O[C@H]4C[C@@H](OC(F)(F)F)C4)cn3)(C1)C2. The number of halogens is 3. The summed E-state index contributed by atoms with van der Waals surface area (Å²) in [6.45, 7) is 0. The summed E-state index contributed by atoms with van der Waals surface area (Å²) in [4.78, 5) is 11.7. The zero-order chi connectivity index (χ0) is 17.2. The van der Waals surface area contributed by atoms with Gasteiger partial charge >= 0.3 is 12.3 Å². The molecule has 4 saturated carbocycles. The maximum absolute atomic E-state index is 12.1. The van der Waals surface area contributed by atoms with Crippen molar-refractivity contribution < 1.29 is 32.2 Å². The Morgan fingerprint density at radius 1 is 1.29 bits per heavy atom.